The molecule has 0 atom stereocenters. The van der Waals surface area contributed by atoms with Gasteiger partial charge in [0.15, 0.2) is 5.13 Å². The van der Waals surface area contributed by atoms with E-state index in [-0.39, 0.29) is 5.57 Å². The van der Waals surface area contributed by atoms with Crippen LogP contribution in [0.15, 0.2) is 73.0 Å². The molecule has 0 aliphatic carbocycles. The molecule has 1 amide bonds. The lowest BCUT2D eigenvalue weighted by atomic mass is 10.1. The van der Waals surface area contributed by atoms with Gasteiger partial charge in [-0.1, -0.05) is 54.6 Å². The quantitative estimate of drug-likeness (QED) is 0.313. The Morgan fingerprint density at radius 3 is 2.63 bits per heavy atom. The van der Waals surface area contributed by atoms with Crippen molar-refractivity contribution in [3.8, 4) is 11.8 Å². The van der Waals surface area contributed by atoms with Crippen molar-refractivity contribution in [1.82, 2.24) is 4.98 Å². The maximum absolute atomic E-state index is 12.5. The minimum absolute atomic E-state index is 0.00467. The van der Waals surface area contributed by atoms with Crippen molar-refractivity contribution in [2.45, 2.75) is 13.3 Å². The molecule has 1 heterocycles. The van der Waals surface area contributed by atoms with Gasteiger partial charge in [0.2, 0.25) is 0 Å². The molecule has 0 unspecified atom stereocenters. The van der Waals surface area contributed by atoms with Gasteiger partial charge in [0.1, 0.15) is 24.0 Å². The topological polar surface area (TPSA) is 75.0 Å². The van der Waals surface area contributed by atoms with Crippen molar-refractivity contribution in [1.29, 1.82) is 5.26 Å². The SMILES string of the molecule is C=CCOc1ccc(C=C(C#N)C(=O)Nc2ncc(Cc3ccc(C)cc3)s2)cc1. The van der Waals surface area contributed by atoms with Crippen LogP contribution in [0.25, 0.3) is 6.08 Å². The summed E-state index contributed by atoms with van der Waals surface area (Å²) in [4.78, 5) is 17.8. The number of amides is 1. The number of aryl methyl sites for hydroxylation is 1. The van der Waals surface area contributed by atoms with Gasteiger partial charge in [-0.25, -0.2) is 4.98 Å². The summed E-state index contributed by atoms with van der Waals surface area (Å²) < 4.78 is 5.43. The molecule has 0 aliphatic rings. The summed E-state index contributed by atoms with van der Waals surface area (Å²) in [6, 6.07) is 17.4. The van der Waals surface area contributed by atoms with Crippen LogP contribution in [0.4, 0.5) is 5.13 Å². The number of nitrogens with zero attached hydrogens (tertiary/aromatic N) is 2. The zero-order chi connectivity index (χ0) is 21.3. The highest BCUT2D eigenvalue weighted by Crippen LogP contribution is 2.22. The van der Waals surface area contributed by atoms with Crippen LogP contribution in [0.3, 0.4) is 0 Å². The van der Waals surface area contributed by atoms with Crippen LogP contribution in [-0.4, -0.2) is 17.5 Å². The van der Waals surface area contributed by atoms with Crippen molar-refractivity contribution in [3.05, 3.63) is 94.5 Å². The van der Waals surface area contributed by atoms with Crippen LogP contribution in [0, 0.1) is 18.3 Å². The van der Waals surface area contributed by atoms with Crippen molar-refractivity contribution in [3.63, 3.8) is 0 Å². The lowest BCUT2D eigenvalue weighted by Gasteiger charge is -2.04. The van der Waals surface area contributed by atoms with Gasteiger partial charge in [0.05, 0.1) is 0 Å². The lowest BCUT2D eigenvalue weighted by molar-refractivity contribution is -0.112. The highest BCUT2D eigenvalue weighted by molar-refractivity contribution is 7.15. The third-order valence-electron chi connectivity index (χ3n) is 4.20. The molecule has 0 radical (unpaired) electrons. The molecular formula is C24H21N3O2S. The van der Waals surface area contributed by atoms with E-state index < -0.39 is 5.91 Å². The summed E-state index contributed by atoms with van der Waals surface area (Å²) in [6.07, 6.45) is 5.69. The number of carbonyl (C=O) groups is 1. The lowest BCUT2D eigenvalue weighted by Crippen LogP contribution is -2.13. The number of thiazole rings is 1. The van der Waals surface area contributed by atoms with Crippen LogP contribution in [0.1, 0.15) is 21.6 Å². The zero-order valence-electron chi connectivity index (χ0n) is 16.6. The molecule has 1 aromatic heterocycles. The molecule has 0 saturated heterocycles. The summed E-state index contributed by atoms with van der Waals surface area (Å²) in [5.74, 6) is 0.208. The summed E-state index contributed by atoms with van der Waals surface area (Å²) >= 11 is 1.40. The zero-order valence-corrected chi connectivity index (χ0v) is 17.4. The fourth-order valence-electron chi connectivity index (χ4n) is 2.65. The Morgan fingerprint density at radius 1 is 1.23 bits per heavy atom. The fraction of sp³-hybridized carbons (Fsp3) is 0.125. The summed E-state index contributed by atoms with van der Waals surface area (Å²) in [5.41, 5.74) is 3.13. The van der Waals surface area contributed by atoms with E-state index in [0.717, 1.165) is 16.9 Å². The smallest absolute Gasteiger partial charge is 0.268 e. The number of ether oxygens (including phenoxy) is 1. The Labute approximate surface area is 180 Å². The Kier molecular flexibility index (Phi) is 7.14. The van der Waals surface area contributed by atoms with Crippen molar-refractivity contribution in [2.24, 2.45) is 0 Å². The van der Waals surface area contributed by atoms with E-state index in [2.05, 4.69) is 48.1 Å². The largest absolute Gasteiger partial charge is 0.490 e. The predicted octanol–water partition coefficient (Wildman–Crippen LogP) is 5.15. The average Bonchev–Trinajstić information content (AvgIpc) is 3.19. The maximum atomic E-state index is 12.5. The first-order chi connectivity index (χ1) is 14.6. The highest BCUT2D eigenvalue weighted by Gasteiger charge is 2.12. The third-order valence-corrected chi connectivity index (χ3v) is 5.11. The molecule has 3 aromatic rings. The molecule has 3 rings (SSSR count). The van der Waals surface area contributed by atoms with E-state index in [1.54, 1.807) is 36.5 Å². The van der Waals surface area contributed by atoms with Crippen LogP contribution < -0.4 is 10.1 Å². The molecule has 1 N–H and O–H groups in total. The van der Waals surface area contributed by atoms with Crippen molar-refractivity contribution in [2.75, 3.05) is 11.9 Å². The number of carbonyl (C=O) groups excluding carboxylic acids is 1. The van der Waals surface area contributed by atoms with Gasteiger partial charge in [-0.05, 0) is 36.3 Å². The Bertz CT molecular complexity index is 1090. The first-order valence-electron chi connectivity index (χ1n) is 9.34. The Balaban J connectivity index is 1.64. The van der Waals surface area contributed by atoms with Crippen LogP contribution in [0.5, 0.6) is 5.75 Å². The van der Waals surface area contributed by atoms with E-state index in [9.17, 15) is 10.1 Å². The van der Waals surface area contributed by atoms with Gasteiger partial charge >= 0.3 is 0 Å². The molecule has 6 heteroatoms. The first-order valence-corrected chi connectivity index (χ1v) is 10.2. The van der Waals surface area contributed by atoms with E-state index in [4.69, 9.17) is 4.74 Å². The molecule has 0 aliphatic heterocycles. The van der Waals surface area contributed by atoms with E-state index in [1.807, 2.05) is 6.07 Å². The van der Waals surface area contributed by atoms with Crippen molar-refractivity contribution < 1.29 is 9.53 Å². The summed E-state index contributed by atoms with van der Waals surface area (Å²) in [7, 11) is 0. The van der Waals surface area contributed by atoms with Gasteiger partial charge in [-0.3, -0.25) is 10.1 Å². The highest BCUT2D eigenvalue weighted by atomic mass is 32.1. The third kappa shape index (κ3) is 5.90. The number of aromatic nitrogens is 1. The van der Waals surface area contributed by atoms with Gasteiger partial charge in [0, 0.05) is 17.5 Å². The van der Waals surface area contributed by atoms with E-state index in [1.165, 1.54) is 28.5 Å². The second kappa shape index (κ2) is 10.2. The molecule has 30 heavy (non-hydrogen) atoms. The Morgan fingerprint density at radius 2 is 1.97 bits per heavy atom. The molecule has 0 bridgehead atoms. The molecule has 5 nitrogen and oxygen atoms in total. The first kappa shape index (κ1) is 21.0. The van der Waals surface area contributed by atoms with Gasteiger partial charge < -0.3 is 4.74 Å². The maximum Gasteiger partial charge on any atom is 0.268 e. The van der Waals surface area contributed by atoms with E-state index >= 15 is 0 Å². The fourth-order valence-corrected chi connectivity index (χ4v) is 3.49. The van der Waals surface area contributed by atoms with E-state index in [0.29, 0.717) is 17.5 Å². The average molecular weight is 416 g/mol. The Hall–Kier alpha value is -3.69. The number of benzene rings is 2. The number of anilines is 1. The minimum Gasteiger partial charge on any atom is -0.490 e. The molecular weight excluding hydrogens is 394 g/mol. The molecule has 0 spiro atoms. The number of nitriles is 1. The van der Waals surface area contributed by atoms with Crippen LogP contribution in [0.2, 0.25) is 0 Å². The summed E-state index contributed by atoms with van der Waals surface area (Å²) in [5, 5.41) is 12.6. The van der Waals surface area contributed by atoms with Gasteiger partial charge in [0.25, 0.3) is 5.91 Å². The molecule has 150 valence electrons. The van der Waals surface area contributed by atoms with Crippen molar-refractivity contribution >= 4 is 28.5 Å². The standard InChI is InChI=1S/C24H21N3O2S/c1-3-12-29-21-10-8-18(9-11-21)13-20(15-25)23(28)27-24-26-16-22(30-24)14-19-6-4-17(2)5-7-19/h3-11,13,16H,1,12,14H2,2H3,(H,26,27,28). The van der Waals surface area contributed by atoms with Gasteiger partial charge in [-0.2, -0.15) is 5.26 Å². The number of hydrogen-bond acceptors (Lipinski definition) is 5. The number of rotatable bonds is 8. The van der Waals surface area contributed by atoms with Gasteiger partial charge in [-0.15, -0.1) is 11.3 Å². The monoisotopic (exact) mass is 415 g/mol. The normalized spacial score (nSPS) is 10.9. The number of nitrogens with one attached hydrogen (secondary N) is 1. The van der Waals surface area contributed by atoms with Crippen LogP contribution in [-0.2, 0) is 11.2 Å². The molecule has 0 saturated carbocycles. The second-order valence-electron chi connectivity index (χ2n) is 6.59. The minimum atomic E-state index is -0.485. The predicted molar refractivity (Wildman–Crippen MR) is 120 cm³/mol. The summed E-state index contributed by atoms with van der Waals surface area (Å²) in [6.45, 7) is 6.07. The molecule has 2 aromatic carbocycles. The van der Waals surface area contributed by atoms with Crippen LogP contribution >= 0.6 is 11.3 Å². The number of hydrogen-bond donors (Lipinski definition) is 1. The second-order valence-corrected chi connectivity index (χ2v) is 7.70. The molecule has 0 fully saturated rings.